The van der Waals surface area contributed by atoms with Gasteiger partial charge in [0.15, 0.2) is 0 Å². The first kappa shape index (κ1) is 17.7. The maximum atomic E-state index is 12.3. The fourth-order valence-electron chi connectivity index (χ4n) is 2.48. The number of sulfonamides is 1. The number of ether oxygens (including phenoxy) is 1. The lowest BCUT2D eigenvalue weighted by molar-refractivity contribution is -0.0440. The van der Waals surface area contributed by atoms with Gasteiger partial charge in [-0.05, 0) is 26.0 Å². The summed E-state index contributed by atoms with van der Waals surface area (Å²) in [5, 5.41) is 5.20. The summed E-state index contributed by atoms with van der Waals surface area (Å²) in [7, 11) is -3.41. The van der Waals surface area contributed by atoms with Gasteiger partial charge in [0, 0.05) is 25.3 Å². The number of nitrogens with zero attached hydrogens (tertiary/aromatic N) is 1. The van der Waals surface area contributed by atoms with Gasteiger partial charge in [-0.3, -0.25) is 0 Å². The van der Waals surface area contributed by atoms with E-state index in [2.05, 4.69) is 10.6 Å². The zero-order chi connectivity index (χ0) is 16.9. The third-order valence-electron chi connectivity index (χ3n) is 3.46. The van der Waals surface area contributed by atoms with Gasteiger partial charge in [0.2, 0.25) is 10.0 Å². The summed E-state index contributed by atoms with van der Waals surface area (Å²) in [5.41, 5.74) is 0.656. The Morgan fingerprint density at radius 1 is 1.22 bits per heavy atom. The predicted octanol–water partition coefficient (Wildman–Crippen LogP) is 1.25. The van der Waals surface area contributed by atoms with Crippen LogP contribution < -0.4 is 10.6 Å². The maximum Gasteiger partial charge on any atom is 0.319 e. The molecule has 0 spiro atoms. The number of para-hydroxylation sites is 1. The molecule has 0 saturated carbocycles. The van der Waals surface area contributed by atoms with Gasteiger partial charge in [-0.1, -0.05) is 18.2 Å². The first-order chi connectivity index (χ1) is 10.9. The average Bonchev–Trinajstić information content (AvgIpc) is 2.47. The molecule has 1 aromatic carbocycles. The zero-order valence-corrected chi connectivity index (χ0v) is 14.2. The van der Waals surface area contributed by atoms with Gasteiger partial charge in [0.1, 0.15) is 0 Å². The van der Waals surface area contributed by atoms with E-state index in [4.69, 9.17) is 4.74 Å². The molecule has 2 rings (SSSR count). The Morgan fingerprint density at radius 3 is 2.43 bits per heavy atom. The number of hydrogen-bond acceptors (Lipinski definition) is 4. The first-order valence-electron chi connectivity index (χ1n) is 7.60. The van der Waals surface area contributed by atoms with Crippen LogP contribution in [0.25, 0.3) is 0 Å². The van der Waals surface area contributed by atoms with Crippen molar-refractivity contribution in [2.45, 2.75) is 26.1 Å². The zero-order valence-electron chi connectivity index (χ0n) is 13.4. The van der Waals surface area contributed by atoms with Crippen LogP contribution in [0.4, 0.5) is 10.5 Å². The Labute approximate surface area is 137 Å². The normalized spacial score (nSPS) is 22.5. The van der Waals surface area contributed by atoms with E-state index in [9.17, 15) is 13.2 Å². The van der Waals surface area contributed by atoms with E-state index < -0.39 is 16.1 Å². The van der Waals surface area contributed by atoms with Crippen molar-refractivity contribution in [1.29, 1.82) is 0 Å². The number of amides is 2. The van der Waals surface area contributed by atoms with E-state index in [1.54, 1.807) is 24.3 Å². The van der Waals surface area contributed by atoms with Crippen molar-refractivity contribution in [1.82, 2.24) is 9.62 Å². The number of carbonyl (C=O) groups is 1. The average molecular weight is 341 g/mol. The van der Waals surface area contributed by atoms with Crippen molar-refractivity contribution >= 4 is 21.7 Å². The quantitative estimate of drug-likeness (QED) is 0.844. The van der Waals surface area contributed by atoms with Crippen LogP contribution in [-0.4, -0.2) is 56.3 Å². The fourth-order valence-corrected chi connectivity index (χ4v) is 3.97. The third kappa shape index (κ3) is 5.49. The number of carbonyl (C=O) groups excluding carboxylic acids is 1. The molecule has 2 N–H and O–H groups in total. The summed E-state index contributed by atoms with van der Waals surface area (Å²) in [6.45, 7) is 4.46. The highest BCUT2D eigenvalue weighted by atomic mass is 32.2. The largest absolute Gasteiger partial charge is 0.373 e. The van der Waals surface area contributed by atoms with Gasteiger partial charge in [-0.15, -0.1) is 0 Å². The number of morpholine rings is 1. The molecule has 128 valence electrons. The number of urea groups is 1. The van der Waals surface area contributed by atoms with Crippen LogP contribution in [-0.2, 0) is 14.8 Å². The molecule has 7 nitrogen and oxygen atoms in total. The smallest absolute Gasteiger partial charge is 0.319 e. The second-order valence-corrected chi connectivity index (χ2v) is 7.73. The minimum atomic E-state index is -3.41. The van der Waals surface area contributed by atoms with E-state index >= 15 is 0 Å². The van der Waals surface area contributed by atoms with Gasteiger partial charge >= 0.3 is 6.03 Å². The van der Waals surface area contributed by atoms with Gasteiger partial charge in [0.25, 0.3) is 0 Å². The minimum Gasteiger partial charge on any atom is -0.373 e. The van der Waals surface area contributed by atoms with Crippen LogP contribution in [0.15, 0.2) is 30.3 Å². The molecule has 2 atom stereocenters. The molecule has 0 bridgehead atoms. The number of rotatable bonds is 5. The molecular formula is C15H23N3O4S. The Balaban J connectivity index is 1.79. The van der Waals surface area contributed by atoms with Crippen LogP contribution >= 0.6 is 0 Å². The lowest BCUT2D eigenvalue weighted by Gasteiger charge is -2.34. The highest BCUT2D eigenvalue weighted by molar-refractivity contribution is 7.89. The van der Waals surface area contributed by atoms with E-state index in [0.717, 1.165) is 0 Å². The second-order valence-electron chi connectivity index (χ2n) is 5.64. The maximum absolute atomic E-state index is 12.3. The molecule has 1 aromatic rings. The van der Waals surface area contributed by atoms with Crippen LogP contribution in [0.5, 0.6) is 0 Å². The molecule has 0 aromatic heterocycles. The van der Waals surface area contributed by atoms with Crippen molar-refractivity contribution in [2.24, 2.45) is 0 Å². The molecule has 1 aliphatic rings. The molecule has 8 heteroatoms. The van der Waals surface area contributed by atoms with Crippen molar-refractivity contribution < 1.29 is 17.9 Å². The highest BCUT2D eigenvalue weighted by Gasteiger charge is 2.30. The van der Waals surface area contributed by atoms with Gasteiger partial charge in [-0.2, -0.15) is 4.31 Å². The SMILES string of the molecule is C[C@@H]1CN(S(=O)(=O)CCNC(=O)Nc2ccccc2)C[C@H](C)O1. The lowest BCUT2D eigenvalue weighted by atomic mass is 10.3. The summed E-state index contributed by atoms with van der Waals surface area (Å²) >= 11 is 0. The van der Waals surface area contributed by atoms with Crippen molar-refractivity contribution in [3.05, 3.63) is 30.3 Å². The Bertz CT molecular complexity index is 611. The molecule has 0 aliphatic carbocycles. The van der Waals surface area contributed by atoms with Crippen LogP contribution in [0.1, 0.15) is 13.8 Å². The van der Waals surface area contributed by atoms with E-state index in [0.29, 0.717) is 18.8 Å². The van der Waals surface area contributed by atoms with Gasteiger partial charge in [-0.25, -0.2) is 13.2 Å². The van der Waals surface area contributed by atoms with Gasteiger partial charge < -0.3 is 15.4 Å². The Kier molecular flexibility index (Phi) is 5.97. The predicted molar refractivity (Wildman–Crippen MR) is 88.8 cm³/mol. The molecule has 1 saturated heterocycles. The molecule has 1 heterocycles. The number of nitrogens with one attached hydrogen (secondary N) is 2. The monoisotopic (exact) mass is 341 g/mol. The van der Waals surface area contributed by atoms with Crippen molar-refractivity contribution in [3.8, 4) is 0 Å². The van der Waals surface area contributed by atoms with Gasteiger partial charge in [0.05, 0.1) is 18.0 Å². The third-order valence-corrected chi connectivity index (χ3v) is 5.26. The molecule has 1 fully saturated rings. The first-order valence-corrected chi connectivity index (χ1v) is 9.21. The van der Waals surface area contributed by atoms with Crippen LogP contribution in [0.3, 0.4) is 0 Å². The molecule has 23 heavy (non-hydrogen) atoms. The molecule has 1 aliphatic heterocycles. The second kappa shape index (κ2) is 7.76. The topological polar surface area (TPSA) is 87.7 Å². The van der Waals surface area contributed by atoms with Crippen molar-refractivity contribution in [3.63, 3.8) is 0 Å². The highest BCUT2D eigenvalue weighted by Crippen LogP contribution is 2.14. The molecule has 2 amide bonds. The van der Waals surface area contributed by atoms with E-state index in [1.165, 1.54) is 4.31 Å². The standard InChI is InChI=1S/C15H23N3O4S/c1-12-10-18(11-13(2)22-12)23(20,21)9-8-16-15(19)17-14-6-4-3-5-7-14/h3-7,12-13H,8-11H2,1-2H3,(H2,16,17,19)/t12-,13+. The minimum absolute atomic E-state index is 0.0567. The van der Waals surface area contributed by atoms with E-state index in [1.807, 2.05) is 19.9 Å². The molecule has 0 unspecified atom stereocenters. The molecular weight excluding hydrogens is 318 g/mol. The summed E-state index contributed by atoms with van der Waals surface area (Å²) in [5.74, 6) is -0.130. The Morgan fingerprint density at radius 2 is 1.83 bits per heavy atom. The summed E-state index contributed by atoms with van der Waals surface area (Å²) in [6, 6.07) is 8.55. The summed E-state index contributed by atoms with van der Waals surface area (Å²) in [6.07, 6.45) is -0.245. The van der Waals surface area contributed by atoms with Crippen LogP contribution in [0.2, 0.25) is 0 Å². The van der Waals surface area contributed by atoms with E-state index in [-0.39, 0.29) is 24.5 Å². The van der Waals surface area contributed by atoms with Crippen LogP contribution in [0, 0.1) is 0 Å². The molecule has 0 radical (unpaired) electrons. The lowest BCUT2D eigenvalue weighted by Crippen LogP contribution is -2.49. The number of anilines is 1. The summed E-state index contributed by atoms with van der Waals surface area (Å²) < 4.78 is 31.6. The number of hydrogen-bond donors (Lipinski definition) is 2. The Hall–Kier alpha value is -1.64. The summed E-state index contributed by atoms with van der Waals surface area (Å²) in [4.78, 5) is 11.7. The fraction of sp³-hybridized carbons (Fsp3) is 0.533. The number of benzene rings is 1. The van der Waals surface area contributed by atoms with Crippen molar-refractivity contribution in [2.75, 3.05) is 30.7 Å².